The lowest BCUT2D eigenvalue weighted by Gasteiger charge is -1.89. The molecule has 0 saturated carbocycles. The van der Waals surface area contributed by atoms with Gasteiger partial charge in [-0.05, 0) is 28.1 Å². The predicted molar refractivity (Wildman–Crippen MR) is 53.3 cm³/mol. The van der Waals surface area contributed by atoms with Gasteiger partial charge >= 0.3 is 0 Å². The van der Waals surface area contributed by atoms with Crippen molar-refractivity contribution in [2.45, 2.75) is 13.3 Å². The molecule has 1 nitrogen and oxygen atoms in total. The molecular weight excluding hydrogens is 216 g/mol. The molecule has 2 aromatic rings. The minimum absolute atomic E-state index is 0.946. The Morgan fingerprint density at radius 1 is 1.42 bits per heavy atom. The molecule has 0 spiro atoms. The minimum atomic E-state index is 0.946. The molecule has 1 aromatic heterocycles. The van der Waals surface area contributed by atoms with Gasteiger partial charge < -0.3 is 4.42 Å². The van der Waals surface area contributed by atoms with Crippen molar-refractivity contribution < 1.29 is 4.42 Å². The number of rotatable bonds is 1. The Morgan fingerprint density at radius 3 is 2.92 bits per heavy atom. The Labute approximate surface area is 79.5 Å². The van der Waals surface area contributed by atoms with Gasteiger partial charge in [0, 0.05) is 11.8 Å². The van der Waals surface area contributed by atoms with E-state index in [1.807, 2.05) is 12.1 Å². The second-order valence-corrected chi connectivity index (χ2v) is 3.58. The van der Waals surface area contributed by atoms with Crippen LogP contribution in [0.3, 0.4) is 0 Å². The molecule has 0 fully saturated rings. The topological polar surface area (TPSA) is 13.1 Å². The number of fused-ring (bicyclic) bond motifs is 1. The van der Waals surface area contributed by atoms with Gasteiger partial charge in [-0.3, -0.25) is 0 Å². The quantitative estimate of drug-likeness (QED) is 0.720. The second kappa shape index (κ2) is 2.94. The highest BCUT2D eigenvalue weighted by atomic mass is 79.9. The van der Waals surface area contributed by atoms with Crippen molar-refractivity contribution >= 4 is 26.9 Å². The molecule has 0 radical (unpaired) electrons. The zero-order valence-corrected chi connectivity index (χ0v) is 8.39. The molecule has 0 aliphatic heterocycles. The summed E-state index contributed by atoms with van der Waals surface area (Å²) in [6.07, 6.45) is 0.946. The largest absolute Gasteiger partial charge is 0.460 e. The standard InChI is InChI=1S/C10H9BrO/c1-2-8-6-7-4-3-5-9(11)10(7)12-8/h3-6H,2H2,1H3. The van der Waals surface area contributed by atoms with Gasteiger partial charge in [0.2, 0.25) is 0 Å². The SMILES string of the molecule is CCc1cc2cccc(Br)c2o1. The molecule has 0 aliphatic rings. The molecular formula is C10H9BrO. The van der Waals surface area contributed by atoms with Crippen LogP contribution in [0.25, 0.3) is 11.0 Å². The molecule has 1 heterocycles. The fraction of sp³-hybridized carbons (Fsp3) is 0.200. The lowest BCUT2D eigenvalue weighted by molar-refractivity contribution is 0.555. The van der Waals surface area contributed by atoms with Crippen LogP contribution < -0.4 is 0 Å². The molecule has 0 aliphatic carbocycles. The van der Waals surface area contributed by atoms with Gasteiger partial charge in [-0.2, -0.15) is 0 Å². The van der Waals surface area contributed by atoms with Crippen molar-refractivity contribution in [3.05, 3.63) is 34.5 Å². The molecule has 0 saturated heterocycles. The average molecular weight is 225 g/mol. The highest BCUT2D eigenvalue weighted by Crippen LogP contribution is 2.26. The Morgan fingerprint density at radius 2 is 2.25 bits per heavy atom. The van der Waals surface area contributed by atoms with E-state index in [1.54, 1.807) is 0 Å². The van der Waals surface area contributed by atoms with Crippen molar-refractivity contribution in [2.24, 2.45) is 0 Å². The second-order valence-electron chi connectivity index (χ2n) is 2.72. The van der Waals surface area contributed by atoms with Crippen molar-refractivity contribution in [3.63, 3.8) is 0 Å². The van der Waals surface area contributed by atoms with Crippen LogP contribution in [0.5, 0.6) is 0 Å². The summed E-state index contributed by atoms with van der Waals surface area (Å²) in [6.45, 7) is 2.09. The molecule has 2 rings (SSSR count). The van der Waals surface area contributed by atoms with Gasteiger partial charge in [0.05, 0.1) is 4.47 Å². The highest BCUT2D eigenvalue weighted by molar-refractivity contribution is 9.10. The van der Waals surface area contributed by atoms with Crippen molar-refractivity contribution in [3.8, 4) is 0 Å². The lowest BCUT2D eigenvalue weighted by atomic mass is 10.2. The van der Waals surface area contributed by atoms with Crippen LogP contribution >= 0.6 is 15.9 Å². The monoisotopic (exact) mass is 224 g/mol. The Kier molecular flexibility index (Phi) is 1.93. The summed E-state index contributed by atoms with van der Waals surface area (Å²) < 4.78 is 6.63. The number of halogens is 1. The Hall–Kier alpha value is -0.760. The van der Waals surface area contributed by atoms with Crippen LogP contribution in [0.4, 0.5) is 0 Å². The Bertz CT molecular complexity index is 403. The molecule has 12 heavy (non-hydrogen) atoms. The number of furan rings is 1. The van der Waals surface area contributed by atoms with Crippen LogP contribution in [0, 0.1) is 0 Å². The zero-order valence-electron chi connectivity index (χ0n) is 6.80. The smallest absolute Gasteiger partial charge is 0.148 e. The van der Waals surface area contributed by atoms with E-state index in [4.69, 9.17) is 4.42 Å². The maximum Gasteiger partial charge on any atom is 0.148 e. The first-order valence-electron chi connectivity index (χ1n) is 3.98. The first-order chi connectivity index (χ1) is 5.81. The number of hydrogen-bond acceptors (Lipinski definition) is 1. The summed E-state index contributed by atoms with van der Waals surface area (Å²) in [7, 11) is 0. The van der Waals surface area contributed by atoms with E-state index >= 15 is 0 Å². The summed E-state index contributed by atoms with van der Waals surface area (Å²) >= 11 is 3.45. The highest BCUT2D eigenvalue weighted by Gasteiger charge is 2.03. The van der Waals surface area contributed by atoms with E-state index in [1.165, 1.54) is 5.39 Å². The van der Waals surface area contributed by atoms with Crippen LogP contribution in [-0.2, 0) is 6.42 Å². The molecule has 2 heteroatoms. The normalized spacial score (nSPS) is 10.8. The molecule has 0 amide bonds. The molecule has 1 aromatic carbocycles. The zero-order chi connectivity index (χ0) is 8.55. The number of benzene rings is 1. The molecule has 62 valence electrons. The fourth-order valence-corrected chi connectivity index (χ4v) is 1.72. The molecule has 0 N–H and O–H groups in total. The minimum Gasteiger partial charge on any atom is -0.460 e. The maximum absolute atomic E-state index is 5.60. The third-order valence-corrected chi connectivity index (χ3v) is 2.52. The van der Waals surface area contributed by atoms with Crippen molar-refractivity contribution in [1.82, 2.24) is 0 Å². The number of hydrogen-bond donors (Lipinski definition) is 0. The van der Waals surface area contributed by atoms with Gasteiger partial charge in [-0.15, -0.1) is 0 Å². The average Bonchev–Trinajstić information content (AvgIpc) is 2.49. The first-order valence-corrected chi connectivity index (χ1v) is 4.77. The summed E-state index contributed by atoms with van der Waals surface area (Å²) in [4.78, 5) is 0. The lowest BCUT2D eigenvalue weighted by Crippen LogP contribution is -1.67. The van der Waals surface area contributed by atoms with Crippen molar-refractivity contribution in [2.75, 3.05) is 0 Å². The van der Waals surface area contributed by atoms with Gasteiger partial charge in [-0.25, -0.2) is 0 Å². The Balaban J connectivity index is 2.74. The van der Waals surface area contributed by atoms with E-state index in [0.29, 0.717) is 0 Å². The molecule has 0 atom stereocenters. The third kappa shape index (κ3) is 1.16. The van der Waals surface area contributed by atoms with E-state index in [0.717, 1.165) is 22.2 Å². The summed E-state index contributed by atoms with van der Waals surface area (Å²) in [5.41, 5.74) is 0.953. The van der Waals surface area contributed by atoms with E-state index in [2.05, 4.69) is 35.0 Å². The van der Waals surface area contributed by atoms with Gasteiger partial charge in [0.25, 0.3) is 0 Å². The van der Waals surface area contributed by atoms with Crippen LogP contribution in [0.15, 0.2) is 33.2 Å². The summed E-state index contributed by atoms with van der Waals surface area (Å²) in [5.74, 6) is 1.04. The fourth-order valence-electron chi connectivity index (χ4n) is 1.26. The number of aryl methyl sites for hydroxylation is 1. The van der Waals surface area contributed by atoms with Gasteiger partial charge in [0.1, 0.15) is 11.3 Å². The summed E-state index contributed by atoms with van der Waals surface area (Å²) in [5, 5.41) is 1.17. The van der Waals surface area contributed by atoms with Crippen LogP contribution in [0.1, 0.15) is 12.7 Å². The molecule has 0 bridgehead atoms. The van der Waals surface area contributed by atoms with Gasteiger partial charge in [-0.1, -0.05) is 19.1 Å². The van der Waals surface area contributed by atoms with Crippen LogP contribution in [0.2, 0.25) is 0 Å². The van der Waals surface area contributed by atoms with E-state index < -0.39 is 0 Å². The van der Waals surface area contributed by atoms with Crippen LogP contribution in [-0.4, -0.2) is 0 Å². The summed E-state index contributed by atoms with van der Waals surface area (Å²) in [6, 6.07) is 8.15. The molecule has 0 unspecified atom stereocenters. The maximum atomic E-state index is 5.60. The van der Waals surface area contributed by atoms with E-state index in [-0.39, 0.29) is 0 Å². The third-order valence-electron chi connectivity index (χ3n) is 1.90. The first kappa shape index (κ1) is 7.87. The predicted octanol–water partition coefficient (Wildman–Crippen LogP) is 3.76. The van der Waals surface area contributed by atoms with Gasteiger partial charge in [0.15, 0.2) is 0 Å². The number of para-hydroxylation sites is 1. The van der Waals surface area contributed by atoms with Crippen molar-refractivity contribution in [1.29, 1.82) is 0 Å². The van der Waals surface area contributed by atoms with E-state index in [9.17, 15) is 0 Å².